The highest BCUT2D eigenvalue weighted by atomic mass is 32.2. The number of ketones is 2. The maximum absolute atomic E-state index is 14.5. The molecule has 0 atom stereocenters. The zero-order valence-corrected chi connectivity index (χ0v) is 35.4. The molecular weight excluding hydrogens is 733 g/mol. The van der Waals surface area contributed by atoms with Crippen molar-refractivity contribution in [3.05, 3.63) is 106 Å². The highest BCUT2D eigenvalue weighted by Gasteiger charge is 2.54. The second-order valence-electron chi connectivity index (χ2n) is 17.5. The number of nitrogens with zero attached hydrogens (tertiary/aromatic N) is 2. The van der Waals surface area contributed by atoms with Gasteiger partial charge in [-0.25, -0.2) is 0 Å². The predicted octanol–water partition coefficient (Wildman–Crippen LogP) is 9.52. The summed E-state index contributed by atoms with van der Waals surface area (Å²) >= 11 is 3.59. The van der Waals surface area contributed by atoms with E-state index in [9.17, 15) is 9.59 Å². The Kier molecular flexibility index (Phi) is 9.74. The minimum atomic E-state index is -0.628. The van der Waals surface area contributed by atoms with Crippen LogP contribution in [-0.2, 0) is 20.3 Å². The van der Waals surface area contributed by atoms with Gasteiger partial charge in [-0.3, -0.25) is 19.4 Å². The largest absolute Gasteiger partial charge is 0.379 e. The average Bonchev–Trinajstić information content (AvgIpc) is 3.66. The van der Waals surface area contributed by atoms with E-state index in [1.165, 1.54) is 54.3 Å². The summed E-state index contributed by atoms with van der Waals surface area (Å²) in [6.45, 7) is 14.0. The van der Waals surface area contributed by atoms with Gasteiger partial charge in [-0.05, 0) is 147 Å². The zero-order chi connectivity index (χ0) is 39.0. The molecule has 0 radical (unpaired) electrons. The van der Waals surface area contributed by atoms with E-state index in [0.717, 1.165) is 63.0 Å². The lowest BCUT2D eigenvalue weighted by Crippen LogP contribution is -2.54. The lowest BCUT2D eigenvalue weighted by atomic mass is 9.57. The van der Waals surface area contributed by atoms with Crippen LogP contribution in [0.2, 0.25) is 0 Å². The van der Waals surface area contributed by atoms with Crippen LogP contribution in [0.25, 0.3) is 22.3 Å². The molecule has 0 unspecified atom stereocenters. The molecule has 5 aliphatic rings. The number of benzene rings is 4. The minimum absolute atomic E-state index is 0.172. The Balaban J connectivity index is 1.13. The Morgan fingerprint density at radius 2 is 0.839 bits per heavy atom. The monoisotopic (exact) mass is 786 g/mol. The normalized spacial score (nSPS) is 23.5. The summed E-state index contributed by atoms with van der Waals surface area (Å²) in [6, 6.07) is 27.1. The number of thioether (sulfide) groups is 2. The fourth-order valence-corrected chi connectivity index (χ4v) is 11.8. The summed E-state index contributed by atoms with van der Waals surface area (Å²) in [7, 11) is 0. The molecule has 3 aliphatic carbocycles. The van der Waals surface area contributed by atoms with Crippen LogP contribution in [0.15, 0.2) is 82.6 Å². The Bertz CT molecular complexity index is 2070. The molecule has 8 heteroatoms. The van der Waals surface area contributed by atoms with Crippen LogP contribution in [0.1, 0.15) is 96.3 Å². The van der Waals surface area contributed by atoms with E-state index >= 15 is 0 Å². The van der Waals surface area contributed by atoms with Crippen molar-refractivity contribution in [3.8, 4) is 22.3 Å². The third-order valence-corrected chi connectivity index (χ3v) is 15.8. The van der Waals surface area contributed by atoms with Crippen LogP contribution >= 0.6 is 23.5 Å². The van der Waals surface area contributed by atoms with Crippen LogP contribution in [0.5, 0.6) is 0 Å². The molecular formula is C48H54N2O4S2. The molecule has 2 spiro atoms. The van der Waals surface area contributed by atoms with E-state index in [1.54, 1.807) is 23.5 Å². The second kappa shape index (κ2) is 14.2. The van der Waals surface area contributed by atoms with Crippen molar-refractivity contribution in [3.63, 3.8) is 0 Å². The van der Waals surface area contributed by atoms with Crippen LogP contribution in [0.4, 0.5) is 0 Å². The zero-order valence-electron chi connectivity index (χ0n) is 33.8. The molecule has 2 saturated heterocycles. The molecule has 2 aliphatic heterocycles. The highest BCUT2D eigenvalue weighted by Crippen LogP contribution is 2.64. The molecule has 2 heterocycles. The van der Waals surface area contributed by atoms with Gasteiger partial charge in [0.05, 0.1) is 37.5 Å². The van der Waals surface area contributed by atoms with Gasteiger partial charge in [-0.15, -0.1) is 23.5 Å². The smallest absolute Gasteiger partial charge is 0.182 e. The van der Waals surface area contributed by atoms with E-state index in [-0.39, 0.29) is 22.4 Å². The first-order valence-electron chi connectivity index (χ1n) is 20.4. The van der Waals surface area contributed by atoms with E-state index < -0.39 is 11.1 Å². The maximum atomic E-state index is 14.5. The number of carbonyl (C=O) groups excluding carboxylic acids is 2. The van der Waals surface area contributed by atoms with Crippen LogP contribution in [-0.4, -0.2) is 97.6 Å². The van der Waals surface area contributed by atoms with Gasteiger partial charge < -0.3 is 9.47 Å². The van der Waals surface area contributed by atoms with Gasteiger partial charge in [0, 0.05) is 57.9 Å². The Labute approximate surface area is 341 Å². The van der Waals surface area contributed by atoms with Crippen molar-refractivity contribution in [1.29, 1.82) is 0 Å². The standard InChI is InChI=1S/C48H54N2O4S2/c1-45(2,49-19-23-53-24-20-49)43(51)31-7-11-35-37-13-9-33(55-5)29-41(37)47(39(35)27-31)15-17-48(18-16-47)40-28-32(44(52)46(3,4)50-21-25-54-26-22-50)8-12-36(40)38-14-10-34(56-6)30-42(38)48/h7-14,27-30H,15-26H2,1-6H3. The number of morpholine rings is 2. The van der Waals surface area contributed by atoms with Gasteiger partial charge in [0.25, 0.3) is 0 Å². The van der Waals surface area contributed by atoms with Crippen molar-refractivity contribution >= 4 is 35.1 Å². The molecule has 4 aromatic rings. The molecule has 9 rings (SSSR count). The molecule has 4 aromatic carbocycles. The molecule has 1 saturated carbocycles. The molecule has 6 nitrogen and oxygen atoms in total. The molecule has 0 aromatic heterocycles. The summed E-state index contributed by atoms with van der Waals surface area (Å²) in [5.74, 6) is 0.344. The summed E-state index contributed by atoms with van der Waals surface area (Å²) in [6.07, 6.45) is 8.13. The minimum Gasteiger partial charge on any atom is -0.379 e. The van der Waals surface area contributed by atoms with Crippen LogP contribution < -0.4 is 0 Å². The van der Waals surface area contributed by atoms with Gasteiger partial charge in [-0.2, -0.15) is 0 Å². The van der Waals surface area contributed by atoms with E-state index in [4.69, 9.17) is 9.47 Å². The summed E-state index contributed by atoms with van der Waals surface area (Å²) in [4.78, 5) is 36.1. The number of carbonyl (C=O) groups is 2. The van der Waals surface area contributed by atoms with Crippen molar-refractivity contribution in [1.82, 2.24) is 9.80 Å². The van der Waals surface area contributed by atoms with Gasteiger partial charge >= 0.3 is 0 Å². The van der Waals surface area contributed by atoms with Gasteiger partial charge in [-0.1, -0.05) is 36.4 Å². The number of fused-ring (bicyclic) bond motifs is 10. The first-order valence-corrected chi connectivity index (χ1v) is 22.8. The average molecular weight is 787 g/mol. The number of ether oxygens (including phenoxy) is 2. The van der Waals surface area contributed by atoms with Crippen LogP contribution in [0.3, 0.4) is 0 Å². The fraction of sp³-hybridized carbons (Fsp3) is 0.458. The Morgan fingerprint density at radius 1 is 0.518 bits per heavy atom. The number of rotatable bonds is 8. The third kappa shape index (κ3) is 5.84. The first-order chi connectivity index (χ1) is 26.9. The Hall–Kier alpha value is -3.24. The summed E-state index contributed by atoms with van der Waals surface area (Å²) < 4.78 is 11.3. The molecule has 0 N–H and O–H groups in total. The van der Waals surface area contributed by atoms with Gasteiger partial charge in [0.15, 0.2) is 11.6 Å². The van der Waals surface area contributed by atoms with Gasteiger partial charge in [0.1, 0.15) is 0 Å². The quantitative estimate of drug-likeness (QED) is 0.129. The van der Waals surface area contributed by atoms with Crippen molar-refractivity contribution in [2.45, 2.75) is 85.1 Å². The lowest BCUT2D eigenvalue weighted by Gasteiger charge is -2.46. The molecule has 0 amide bonds. The molecule has 56 heavy (non-hydrogen) atoms. The fourth-order valence-electron chi connectivity index (χ4n) is 10.9. The van der Waals surface area contributed by atoms with E-state index in [2.05, 4.69) is 123 Å². The molecule has 3 fully saturated rings. The number of hydrogen-bond acceptors (Lipinski definition) is 8. The molecule has 292 valence electrons. The van der Waals surface area contributed by atoms with Crippen molar-refractivity contribution < 1.29 is 19.1 Å². The number of Topliss-reactive ketones (excluding diaryl/α,β-unsaturated/α-hetero) is 2. The lowest BCUT2D eigenvalue weighted by molar-refractivity contribution is -0.00443. The van der Waals surface area contributed by atoms with E-state index in [1.807, 2.05) is 0 Å². The van der Waals surface area contributed by atoms with Crippen LogP contribution in [0, 0.1) is 0 Å². The molecule has 0 bridgehead atoms. The Morgan fingerprint density at radius 3 is 1.18 bits per heavy atom. The summed E-state index contributed by atoms with van der Waals surface area (Å²) in [5.41, 5.74) is 10.4. The SMILES string of the molecule is CSc1ccc2c(c1)C1(CCC3(CC1)c1cc(SC)ccc1-c1ccc(C(=O)C(C)(C)N4CCOCC4)cc13)c1cc(C(=O)C(C)(C)N3CCOCC3)ccc1-2. The maximum Gasteiger partial charge on any atom is 0.182 e. The van der Waals surface area contributed by atoms with Crippen molar-refractivity contribution in [2.24, 2.45) is 0 Å². The topological polar surface area (TPSA) is 59.1 Å². The predicted molar refractivity (Wildman–Crippen MR) is 229 cm³/mol. The first kappa shape index (κ1) is 38.3. The summed E-state index contributed by atoms with van der Waals surface area (Å²) in [5, 5.41) is 0. The third-order valence-electron chi connectivity index (χ3n) is 14.3. The number of hydrogen-bond donors (Lipinski definition) is 0. The van der Waals surface area contributed by atoms with Crippen molar-refractivity contribution in [2.75, 3.05) is 65.1 Å². The van der Waals surface area contributed by atoms with E-state index in [0.29, 0.717) is 26.4 Å². The van der Waals surface area contributed by atoms with Gasteiger partial charge in [0.2, 0.25) is 0 Å². The second-order valence-corrected chi connectivity index (χ2v) is 19.2. The highest BCUT2D eigenvalue weighted by molar-refractivity contribution is 7.98.